The van der Waals surface area contributed by atoms with Gasteiger partial charge >= 0.3 is 0 Å². The Morgan fingerprint density at radius 2 is 2.22 bits per heavy atom. The number of rotatable bonds is 6. The second-order valence-corrected chi connectivity index (χ2v) is 5.26. The van der Waals surface area contributed by atoms with Crippen LogP contribution in [-0.4, -0.2) is 26.0 Å². The molecule has 4 nitrogen and oxygen atoms in total. The molecule has 0 aliphatic carbocycles. The maximum atomic E-state index is 5.46. The van der Waals surface area contributed by atoms with Gasteiger partial charge in [0.1, 0.15) is 0 Å². The van der Waals surface area contributed by atoms with E-state index in [1.807, 2.05) is 26.0 Å². The van der Waals surface area contributed by atoms with E-state index in [2.05, 4.69) is 21.2 Å². The number of halogens is 1. The standard InChI is InChI=1S/C13H18BrNO3/c1-9(2)16-4-3-15-7-10-5-11(14)13-12(6-10)17-8-18-13/h5-6,9,15H,3-4,7-8H2,1-2H3. The van der Waals surface area contributed by atoms with Crippen molar-refractivity contribution in [3.63, 3.8) is 0 Å². The number of ether oxygens (including phenoxy) is 3. The van der Waals surface area contributed by atoms with Crippen LogP contribution in [0.4, 0.5) is 0 Å². The molecule has 0 bridgehead atoms. The SMILES string of the molecule is CC(C)OCCNCc1cc(Br)c2c(c1)OCO2. The minimum absolute atomic E-state index is 0.284. The molecule has 0 saturated heterocycles. The van der Waals surface area contributed by atoms with Crippen LogP contribution in [0.3, 0.4) is 0 Å². The highest BCUT2D eigenvalue weighted by Crippen LogP contribution is 2.39. The third-order valence-electron chi connectivity index (χ3n) is 2.55. The van der Waals surface area contributed by atoms with Gasteiger partial charge in [0.2, 0.25) is 6.79 Å². The van der Waals surface area contributed by atoms with E-state index in [9.17, 15) is 0 Å². The number of nitrogens with one attached hydrogen (secondary N) is 1. The molecule has 0 unspecified atom stereocenters. The van der Waals surface area contributed by atoms with E-state index in [1.165, 1.54) is 0 Å². The largest absolute Gasteiger partial charge is 0.454 e. The van der Waals surface area contributed by atoms with E-state index in [1.54, 1.807) is 0 Å². The topological polar surface area (TPSA) is 39.7 Å². The van der Waals surface area contributed by atoms with Crippen molar-refractivity contribution >= 4 is 15.9 Å². The lowest BCUT2D eigenvalue weighted by Crippen LogP contribution is -2.20. The highest BCUT2D eigenvalue weighted by atomic mass is 79.9. The maximum Gasteiger partial charge on any atom is 0.231 e. The van der Waals surface area contributed by atoms with Gasteiger partial charge in [0, 0.05) is 13.1 Å². The van der Waals surface area contributed by atoms with Crippen LogP contribution in [0.5, 0.6) is 11.5 Å². The predicted molar refractivity (Wildman–Crippen MR) is 73.1 cm³/mol. The van der Waals surface area contributed by atoms with Crippen molar-refractivity contribution in [2.24, 2.45) is 0 Å². The molecule has 100 valence electrons. The smallest absolute Gasteiger partial charge is 0.231 e. The lowest BCUT2D eigenvalue weighted by Gasteiger charge is -2.09. The summed E-state index contributed by atoms with van der Waals surface area (Å²) < 4.78 is 17.1. The second kappa shape index (κ2) is 6.41. The molecule has 0 atom stereocenters. The van der Waals surface area contributed by atoms with E-state index in [4.69, 9.17) is 14.2 Å². The molecule has 2 rings (SSSR count). The number of hydrogen-bond donors (Lipinski definition) is 1. The molecule has 18 heavy (non-hydrogen) atoms. The third-order valence-corrected chi connectivity index (χ3v) is 3.14. The van der Waals surface area contributed by atoms with Crippen molar-refractivity contribution in [1.82, 2.24) is 5.32 Å². The van der Waals surface area contributed by atoms with Gasteiger partial charge < -0.3 is 19.5 Å². The van der Waals surface area contributed by atoms with E-state index >= 15 is 0 Å². The van der Waals surface area contributed by atoms with Gasteiger partial charge in [-0.1, -0.05) is 0 Å². The first-order chi connectivity index (χ1) is 8.66. The van der Waals surface area contributed by atoms with Crippen LogP contribution >= 0.6 is 15.9 Å². The van der Waals surface area contributed by atoms with Crippen LogP contribution in [0, 0.1) is 0 Å². The van der Waals surface area contributed by atoms with Crippen LogP contribution in [0.2, 0.25) is 0 Å². The molecule has 0 aromatic heterocycles. The zero-order valence-corrected chi connectivity index (χ0v) is 12.2. The zero-order valence-electron chi connectivity index (χ0n) is 10.7. The Labute approximate surface area is 116 Å². The second-order valence-electron chi connectivity index (χ2n) is 4.41. The molecule has 1 aromatic carbocycles. The third kappa shape index (κ3) is 3.60. The lowest BCUT2D eigenvalue weighted by atomic mass is 10.2. The quantitative estimate of drug-likeness (QED) is 0.819. The monoisotopic (exact) mass is 315 g/mol. The Morgan fingerprint density at radius 1 is 1.39 bits per heavy atom. The summed E-state index contributed by atoms with van der Waals surface area (Å²) in [5, 5.41) is 3.33. The van der Waals surface area contributed by atoms with Crippen molar-refractivity contribution in [2.75, 3.05) is 19.9 Å². The van der Waals surface area contributed by atoms with Crippen LogP contribution in [0.25, 0.3) is 0 Å². The summed E-state index contributed by atoms with van der Waals surface area (Å²) in [6.45, 7) is 6.72. The molecular weight excluding hydrogens is 298 g/mol. The van der Waals surface area contributed by atoms with Crippen LogP contribution < -0.4 is 14.8 Å². The molecule has 5 heteroatoms. The van der Waals surface area contributed by atoms with E-state index in [0.717, 1.165) is 41.2 Å². The van der Waals surface area contributed by atoms with Gasteiger partial charge in [0.15, 0.2) is 11.5 Å². The summed E-state index contributed by atoms with van der Waals surface area (Å²) in [6.07, 6.45) is 0.284. The zero-order chi connectivity index (χ0) is 13.0. The molecule has 0 spiro atoms. The van der Waals surface area contributed by atoms with Gasteiger partial charge in [-0.3, -0.25) is 0 Å². The molecule has 0 radical (unpaired) electrons. The summed E-state index contributed by atoms with van der Waals surface area (Å²) in [4.78, 5) is 0. The number of hydrogen-bond acceptors (Lipinski definition) is 4. The van der Waals surface area contributed by atoms with Gasteiger partial charge in [0.05, 0.1) is 17.2 Å². The Kier molecular flexibility index (Phi) is 4.86. The van der Waals surface area contributed by atoms with E-state index < -0.39 is 0 Å². The van der Waals surface area contributed by atoms with Gasteiger partial charge in [-0.15, -0.1) is 0 Å². The van der Waals surface area contributed by atoms with Crippen LogP contribution in [-0.2, 0) is 11.3 Å². The van der Waals surface area contributed by atoms with E-state index in [-0.39, 0.29) is 6.10 Å². The minimum atomic E-state index is 0.284. The fourth-order valence-corrected chi connectivity index (χ4v) is 2.33. The number of fused-ring (bicyclic) bond motifs is 1. The Balaban J connectivity index is 1.81. The lowest BCUT2D eigenvalue weighted by molar-refractivity contribution is 0.0807. The van der Waals surface area contributed by atoms with Gasteiger partial charge in [-0.25, -0.2) is 0 Å². The maximum absolute atomic E-state index is 5.46. The molecule has 1 N–H and O–H groups in total. The molecule has 1 heterocycles. The minimum Gasteiger partial charge on any atom is -0.454 e. The van der Waals surface area contributed by atoms with E-state index in [0.29, 0.717) is 6.79 Å². The summed E-state index contributed by atoms with van der Waals surface area (Å²) in [7, 11) is 0. The molecule has 0 fully saturated rings. The molecular formula is C13H18BrNO3. The van der Waals surface area contributed by atoms with Crippen molar-refractivity contribution in [3.8, 4) is 11.5 Å². The summed E-state index contributed by atoms with van der Waals surface area (Å²) in [6, 6.07) is 4.05. The summed E-state index contributed by atoms with van der Waals surface area (Å²) >= 11 is 3.48. The van der Waals surface area contributed by atoms with Gasteiger partial charge in [-0.05, 0) is 47.5 Å². The Bertz CT molecular complexity index is 409. The summed E-state index contributed by atoms with van der Waals surface area (Å²) in [5.41, 5.74) is 1.16. The van der Waals surface area contributed by atoms with Crippen molar-refractivity contribution in [1.29, 1.82) is 0 Å². The molecule has 0 amide bonds. The number of benzene rings is 1. The molecule has 1 aromatic rings. The van der Waals surface area contributed by atoms with Crippen molar-refractivity contribution in [2.45, 2.75) is 26.5 Å². The normalized spacial score (nSPS) is 13.3. The molecule has 1 aliphatic rings. The fraction of sp³-hybridized carbons (Fsp3) is 0.538. The van der Waals surface area contributed by atoms with Crippen molar-refractivity contribution in [3.05, 3.63) is 22.2 Å². The fourth-order valence-electron chi connectivity index (χ4n) is 1.72. The van der Waals surface area contributed by atoms with Gasteiger partial charge in [-0.2, -0.15) is 0 Å². The average Bonchev–Trinajstić information content (AvgIpc) is 2.77. The molecule has 0 saturated carbocycles. The van der Waals surface area contributed by atoms with Gasteiger partial charge in [0.25, 0.3) is 0 Å². The van der Waals surface area contributed by atoms with Crippen LogP contribution in [0.15, 0.2) is 16.6 Å². The predicted octanol–water partition coefficient (Wildman–Crippen LogP) is 2.69. The highest BCUT2D eigenvalue weighted by Gasteiger charge is 2.17. The Morgan fingerprint density at radius 3 is 3.00 bits per heavy atom. The Hall–Kier alpha value is -0.780. The highest BCUT2D eigenvalue weighted by molar-refractivity contribution is 9.10. The van der Waals surface area contributed by atoms with Crippen LogP contribution in [0.1, 0.15) is 19.4 Å². The first-order valence-corrected chi connectivity index (χ1v) is 6.86. The average molecular weight is 316 g/mol. The first kappa shape index (κ1) is 13.6. The molecule has 1 aliphatic heterocycles. The van der Waals surface area contributed by atoms with Crippen molar-refractivity contribution < 1.29 is 14.2 Å². The first-order valence-electron chi connectivity index (χ1n) is 6.07. The summed E-state index contributed by atoms with van der Waals surface area (Å²) in [5.74, 6) is 1.60.